The van der Waals surface area contributed by atoms with Crippen molar-refractivity contribution in [3.63, 3.8) is 0 Å². The van der Waals surface area contributed by atoms with Crippen molar-refractivity contribution in [1.82, 2.24) is 14.9 Å². The summed E-state index contributed by atoms with van der Waals surface area (Å²) in [4.78, 5) is 22.6. The maximum Gasteiger partial charge on any atom is 0.223 e. The zero-order chi connectivity index (χ0) is 19.1. The number of rotatable bonds is 5. The molecule has 28 heavy (non-hydrogen) atoms. The molecule has 1 aromatic carbocycles. The molecule has 0 radical (unpaired) electrons. The molecule has 1 N–H and O–H groups in total. The largest absolute Gasteiger partial charge is 0.466 e. The van der Waals surface area contributed by atoms with E-state index in [1.807, 2.05) is 17.0 Å². The molecule has 0 spiro atoms. The van der Waals surface area contributed by atoms with Crippen molar-refractivity contribution in [1.29, 1.82) is 0 Å². The van der Waals surface area contributed by atoms with Crippen LogP contribution < -0.4 is 0 Å². The van der Waals surface area contributed by atoms with E-state index in [9.17, 15) is 9.18 Å². The van der Waals surface area contributed by atoms with Gasteiger partial charge in [0.15, 0.2) is 0 Å². The molecule has 1 aliphatic heterocycles. The van der Waals surface area contributed by atoms with Crippen LogP contribution in [0.15, 0.2) is 47.3 Å². The summed E-state index contributed by atoms with van der Waals surface area (Å²) < 4.78 is 20.1. The highest BCUT2D eigenvalue weighted by molar-refractivity contribution is 5.78. The van der Waals surface area contributed by atoms with E-state index in [2.05, 4.69) is 9.97 Å². The Balaban J connectivity index is 1.51. The molecule has 5 nitrogen and oxygen atoms in total. The average Bonchev–Trinajstić information content (AvgIpc) is 3.18. The first kappa shape index (κ1) is 17.2. The fourth-order valence-corrected chi connectivity index (χ4v) is 4.08. The van der Waals surface area contributed by atoms with Crippen molar-refractivity contribution in [3.05, 3.63) is 77.0 Å². The number of imidazole rings is 1. The van der Waals surface area contributed by atoms with Gasteiger partial charge in [0.25, 0.3) is 0 Å². The molecular formula is C22H22FN3O2. The van der Waals surface area contributed by atoms with Gasteiger partial charge in [-0.2, -0.15) is 0 Å². The number of furan rings is 1. The maximum absolute atomic E-state index is 14.2. The highest BCUT2D eigenvalue weighted by Gasteiger charge is 2.38. The molecule has 2 aliphatic rings. The number of nitrogens with one attached hydrogen (secondary N) is 1. The van der Waals surface area contributed by atoms with Crippen LogP contribution in [0, 0.1) is 11.7 Å². The van der Waals surface area contributed by atoms with Crippen LogP contribution in [0.25, 0.3) is 0 Å². The first-order valence-electron chi connectivity index (χ1n) is 9.82. The smallest absolute Gasteiger partial charge is 0.223 e. The number of H-pyrrole nitrogens is 1. The van der Waals surface area contributed by atoms with Crippen LogP contribution in [0.1, 0.15) is 53.6 Å². The van der Waals surface area contributed by atoms with Gasteiger partial charge in [-0.25, -0.2) is 9.37 Å². The van der Waals surface area contributed by atoms with E-state index in [0.717, 1.165) is 36.2 Å². The SMILES string of the molecule is O=C(CC1CC1)N1CCc2[nH]cnc2[C@@H]1c1occc1Cc1ccccc1F. The van der Waals surface area contributed by atoms with Gasteiger partial charge in [0.2, 0.25) is 5.91 Å². The Labute approximate surface area is 162 Å². The highest BCUT2D eigenvalue weighted by Crippen LogP contribution is 2.39. The Morgan fingerprint density at radius 3 is 2.93 bits per heavy atom. The third-order valence-corrected chi connectivity index (χ3v) is 5.77. The highest BCUT2D eigenvalue weighted by atomic mass is 19.1. The van der Waals surface area contributed by atoms with Crippen molar-refractivity contribution in [2.75, 3.05) is 6.54 Å². The van der Waals surface area contributed by atoms with E-state index in [1.165, 1.54) is 6.07 Å². The van der Waals surface area contributed by atoms with Gasteiger partial charge in [0.05, 0.1) is 18.3 Å². The molecule has 1 amide bonds. The van der Waals surface area contributed by atoms with Gasteiger partial charge in [-0.15, -0.1) is 0 Å². The van der Waals surface area contributed by atoms with Crippen LogP contribution in [-0.4, -0.2) is 27.3 Å². The molecule has 3 aromatic rings. The summed E-state index contributed by atoms with van der Waals surface area (Å²) in [6, 6.07) is 8.26. The van der Waals surface area contributed by atoms with Gasteiger partial charge in [-0.3, -0.25) is 4.79 Å². The number of fused-ring (bicyclic) bond motifs is 1. The predicted octanol–water partition coefficient (Wildman–Crippen LogP) is 4.01. The summed E-state index contributed by atoms with van der Waals surface area (Å²) in [6.07, 6.45) is 7.32. The Bertz CT molecular complexity index is 1000. The fraction of sp³-hybridized carbons (Fsp3) is 0.364. The van der Waals surface area contributed by atoms with Crippen LogP contribution in [-0.2, 0) is 17.6 Å². The second-order valence-corrected chi connectivity index (χ2v) is 7.73. The molecular weight excluding hydrogens is 357 g/mol. The first-order valence-corrected chi connectivity index (χ1v) is 9.82. The van der Waals surface area contributed by atoms with E-state index in [1.54, 1.807) is 24.7 Å². The zero-order valence-corrected chi connectivity index (χ0v) is 15.5. The molecule has 2 aromatic heterocycles. The monoisotopic (exact) mass is 379 g/mol. The summed E-state index contributed by atoms with van der Waals surface area (Å²) in [5.74, 6) is 1.11. The standard InChI is InChI=1S/C22H22FN3O2/c23-17-4-2-1-3-15(17)12-16-8-10-28-22(16)21-20-18(24-13-25-20)7-9-26(21)19(27)11-14-5-6-14/h1-4,8,10,13-14,21H,5-7,9,11-12H2,(H,24,25)/t21-/m1/s1. The maximum atomic E-state index is 14.2. The van der Waals surface area contributed by atoms with Crippen molar-refractivity contribution in [3.8, 4) is 0 Å². The minimum absolute atomic E-state index is 0.148. The van der Waals surface area contributed by atoms with Gasteiger partial charge in [0, 0.05) is 37.1 Å². The molecule has 0 bridgehead atoms. The number of benzene rings is 1. The Kier molecular flexibility index (Phi) is 4.26. The Morgan fingerprint density at radius 2 is 2.11 bits per heavy atom. The number of carbonyl (C=O) groups excluding carboxylic acids is 1. The number of amides is 1. The predicted molar refractivity (Wildman–Crippen MR) is 101 cm³/mol. The van der Waals surface area contributed by atoms with E-state index in [-0.39, 0.29) is 17.8 Å². The third-order valence-electron chi connectivity index (χ3n) is 5.77. The number of aromatic amines is 1. The average molecular weight is 379 g/mol. The fourth-order valence-electron chi connectivity index (χ4n) is 4.08. The first-order chi connectivity index (χ1) is 13.7. The van der Waals surface area contributed by atoms with E-state index < -0.39 is 0 Å². The number of aromatic nitrogens is 2. The topological polar surface area (TPSA) is 62.1 Å². The van der Waals surface area contributed by atoms with Crippen molar-refractivity contribution < 1.29 is 13.6 Å². The normalized spacial score (nSPS) is 18.9. The number of carbonyl (C=O) groups is 1. The second-order valence-electron chi connectivity index (χ2n) is 7.73. The summed E-state index contributed by atoms with van der Waals surface area (Å²) >= 11 is 0. The lowest BCUT2D eigenvalue weighted by Gasteiger charge is -2.34. The van der Waals surface area contributed by atoms with Gasteiger partial charge >= 0.3 is 0 Å². The van der Waals surface area contributed by atoms with Crippen molar-refractivity contribution >= 4 is 5.91 Å². The van der Waals surface area contributed by atoms with Gasteiger partial charge in [-0.05, 0) is 36.5 Å². The van der Waals surface area contributed by atoms with Crippen molar-refractivity contribution in [2.45, 2.75) is 38.1 Å². The van der Waals surface area contributed by atoms with Crippen LogP contribution in [0.3, 0.4) is 0 Å². The molecule has 3 heterocycles. The van der Waals surface area contributed by atoms with Crippen molar-refractivity contribution in [2.24, 2.45) is 5.92 Å². The molecule has 1 aliphatic carbocycles. The lowest BCUT2D eigenvalue weighted by molar-refractivity contribution is -0.134. The number of halogens is 1. The molecule has 1 saturated carbocycles. The molecule has 0 unspecified atom stereocenters. The minimum atomic E-state index is -0.363. The van der Waals surface area contributed by atoms with E-state index >= 15 is 0 Å². The number of nitrogens with zero attached hydrogens (tertiary/aromatic N) is 2. The third kappa shape index (κ3) is 3.13. The quantitative estimate of drug-likeness (QED) is 0.729. The summed E-state index contributed by atoms with van der Waals surface area (Å²) in [6.45, 7) is 0.630. The lowest BCUT2D eigenvalue weighted by Crippen LogP contribution is -2.41. The lowest BCUT2D eigenvalue weighted by atomic mass is 9.95. The summed E-state index contributed by atoms with van der Waals surface area (Å²) in [5, 5.41) is 0. The molecule has 1 fully saturated rings. The van der Waals surface area contributed by atoms with Gasteiger partial charge < -0.3 is 14.3 Å². The molecule has 0 saturated heterocycles. The van der Waals surface area contributed by atoms with Crippen LogP contribution >= 0.6 is 0 Å². The van der Waals surface area contributed by atoms with Crippen LogP contribution in [0.4, 0.5) is 4.39 Å². The summed E-state index contributed by atoms with van der Waals surface area (Å²) in [5.41, 5.74) is 3.36. The van der Waals surface area contributed by atoms with Gasteiger partial charge in [0.1, 0.15) is 17.6 Å². The second kappa shape index (κ2) is 6.93. The molecule has 5 rings (SSSR count). The number of hydrogen-bond acceptors (Lipinski definition) is 3. The Morgan fingerprint density at radius 1 is 1.25 bits per heavy atom. The summed E-state index contributed by atoms with van der Waals surface area (Å²) in [7, 11) is 0. The van der Waals surface area contributed by atoms with Crippen LogP contribution in [0.2, 0.25) is 0 Å². The molecule has 1 atom stereocenters. The number of hydrogen-bond donors (Lipinski definition) is 1. The molecule has 6 heteroatoms. The molecule has 144 valence electrons. The Hall–Kier alpha value is -2.89. The zero-order valence-electron chi connectivity index (χ0n) is 15.5. The van der Waals surface area contributed by atoms with E-state index in [4.69, 9.17) is 4.42 Å². The van der Waals surface area contributed by atoms with Crippen LogP contribution in [0.5, 0.6) is 0 Å². The van der Waals surface area contributed by atoms with Gasteiger partial charge in [-0.1, -0.05) is 18.2 Å². The minimum Gasteiger partial charge on any atom is -0.466 e. The van der Waals surface area contributed by atoms with E-state index in [0.29, 0.717) is 36.6 Å².